The van der Waals surface area contributed by atoms with E-state index in [9.17, 15) is 22.8 Å². The number of esters is 1. The highest BCUT2D eigenvalue weighted by atomic mass is 19.4. The molecular weight excluding hydrogens is 546 g/mol. The number of hydrogen-bond acceptors (Lipinski definition) is 7. The molecule has 0 saturated heterocycles. The van der Waals surface area contributed by atoms with Gasteiger partial charge in [-0.05, 0) is 57.1 Å². The van der Waals surface area contributed by atoms with Crippen molar-refractivity contribution in [3.63, 3.8) is 0 Å². The minimum Gasteiger partial charge on any atom is -0.465 e. The van der Waals surface area contributed by atoms with Gasteiger partial charge in [0.05, 0.1) is 31.1 Å². The number of methoxy groups -OCH3 is 1. The molecule has 0 unspecified atom stereocenters. The average Bonchev–Trinajstić information content (AvgIpc) is 3.43. The number of alkyl halides is 3. The molecule has 0 spiro atoms. The second-order valence-corrected chi connectivity index (χ2v) is 10.4. The van der Waals surface area contributed by atoms with E-state index in [-0.39, 0.29) is 35.2 Å². The normalized spacial score (nSPS) is 17.4. The third-order valence-electron chi connectivity index (χ3n) is 7.07. The maximum absolute atomic E-state index is 15.5. The van der Waals surface area contributed by atoms with E-state index in [0.29, 0.717) is 18.8 Å². The summed E-state index contributed by atoms with van der Waals surface area (Å²) in [5.41, 5.74) is -1.37. The first-order chi connectivity index (χ1) is 19.4. The number of rotatable bonds is 8. The van der Waals surface area contributed by atoms with Crippen LogP contribution in [0.15, 0.2) is 36.8 Å². The Bertz CT molecular complexity index is 1390. The number of aromatic nitrogens is 4. The minimum absolute atomic E-state index is 0.0368. The molecule has 4 rings (SSSR count). The third kappa shape index (κ3) is 6.83. The zero-order chi connectivity index (χ0) is 29.9. The Labute approximate surface area is 234 Å². The number of benzene rings is 1. The van der Waals surface area contributed by atoms with Crippen molar-refractivity contribution in [3.8, 4) is 11.6 Å². The highest BCUT2D eigenvalue weighted by Crippen LogP contribution is 2.40. The second kappa shape index (κ2) is 12.2. The highest BCUT2D eigenvalue weighted by molar-refractivity contribution is 6.04. The predicted molar refractivity (Wildman–Crippen MR) is 140 cm³/mol. The fourth-order valence-electron chi connectivity index (χ4n) is 4.92. The largest absolute Gasteiger partial charge is 0.465 e. The van der Waals surface area contributed by atoms with Crippen LogP contribution in [0.5, 0.6) is 11.6 Å². The van der Waals surface area contributed by atoms with Crippen molar-refractivity contribution in [3.05, 3.63) is 59.3 Å². The maximum Gasteiger partial charge on any atom is 0.421 e. The molecule has 13 heteroatoms. The van der Waals surface area contributed by atoms with E-state index in [1.54, 1.807) is 13.8 Å². The molecule has 0 bridgehead atoms. The minimum atomic E-state index is -4.89. The lowest BCUT2D eigenvalue weighted by atomic mass is 9.82. The maximum atomic E-state index is 15.5. The summed E-state index contributed by atoms with van der Waals surface area (Å²) < 4.78 is 68.9. The second-order valence-electron chi connectivity index (χ2n) is 10.4. The summed E-state index contributed by atoms with van der Waals surface area (Å²) in [4.78, 5) is 31.5. The van der Waals surface area contributed by atoms with Crippen LogP contribution in [0.4, 0.5) is 23.2 Å². The third-order valence-corrected chi connectivity index (χ3v) is 7.07. The molecule has 1 saturated carbocycles. The van der Waals surface area contributed by atoms with Gasteiger partial charge in [-0.3, -0.25) is 4.79 Å². The lowest BCUT2D eigenvalue weighted by Gasteiger charge is -2.34. The van der Waals surface area contributed by atoms with Crippen molar-refractivity contribution in [2.24, 2.45) is 11.8 Å². The monoisotopic (exact) mass is 577 g/mol. The Morgan fingerprint density at radius 3 is 2.44 bits per heavy atom. The van der Waals surface area contributed by atoms with Crippen molar-refractivity contribution < 1.29 is 36.6 Å². The van der Waals surface area contributed by atoms with E-state index in [2.05, 4.69) is 22.2 Å². The Morgan fingerprint density at radius 2 is 1.85 bits per heavy atom. The molecule has 2 heterocycles. The number of anilines is 1. The van der Waals surface area contributed by atoms with Gasteiger partial charge in [-0.2, -0.15) is 13.2 Å². The van der Waals surface area contributed by atoms with Crippen LogP contribution in [0, 0.1) is 17.7 Å². The lowest BCUT2D eigenvalue weighted by molar-refractivity contribution is -0.139. The Hall–Kier alpha value is -4.03. The summed E-state index contributed by atoms with van der Waals surface area (Å²) in [6, 6.07) is 2.22. The van der Waals surface area contributed by atoms with Crippen molar-refractivity contribution in [2.75, 3.05) is 12.0 Å². The number of halogens is 4. The van der Waals surface area contributed by atoms with Gasteiger partial charge in [0, 0.05) is 36.5 Å². The van der Waals surface area contributed by atoms with Crippen molar-refractivity contribution >= 4 is 17.6 Å². The summed E-state index contributed by atoms with van der Waals surface area (Å²) in [5, 5.41) is 7.34. The topological polar surface area (TPSA) is 99.4 Å². The molecule has 0 aliphatic heterocycles. The molecular formula is C28H31F4N5O4. The molecule has 41 heavy (non-hydrogen) atoms. The number of nitrogens with zero attached hydrogens (tertiary/aromatic N) is 5. The van der Waals surface area contributed by atoms with Gasteiger partial charge in [-0.15, -0.1) is 5.10 Å². The van der Waals surface area contributed by atoms with Gasteiger partial charge in [0.2, 0.25) is 11.8 Å². The Kier molecular flexibility index (Phi) is 8.93. The SMILES string of the molecule is COC(=O)c1cc(Oc2ncc(Cn3ccnn3)cc2C(F)(F)F)c(F)cc1N(C(=O)[C@H]1CC[C@H](C)CC1)C(C)C. The first-order valence-electron chi connectivity index (χ1n) is 13.2. The van der Waals surface area contributed by atoms with Crippen molar-refractivity contribution in [2.45, 2.75) is 65.2 Å². The van der Waals surface area contributed by atoms with Crippen molar-refractivity contribution in [1.29, 1.82) is 0 Å². The molecule has 1 fully saturated rings. The molecule has 1 aromatic carbocycles. The Morgan fingerprint density at radius 1 is 1.15 bits per heavy atom. The first-order valence-corrected chi connectivity index (χ1v) is 13.2. The highest BCUT2D eigenvalue weighted by Gasteiger charge is 2.37. The van der Waals surface area contributed by atoms with Crippen LogP contribution in [0.25, 0.3) is 0 Å². The van der Waals surface area contributed by atoms with Crippen LogP contribution < -0.4 is 9.64 Å². The van der Waals surface area contributed by atoms with Crippen molar-refractivity contribution in [1.82, 2.24) is 20.0 Å². The molecule has 3 aromatic rings. The van der Waals surface area contributed by atoms with E-state index in [0.717, 1.165) is 44.3 Å². The fraction of sp³-hybridized carbons (Fsp3) is 0.464. The zero-order valence-electron chi connectivity index (χ0n) is 23.1. The molecule has 220 valence electrons. The lowest BCUT2D eigenvalue weighted by Crippen LogP contribution is -2.43. The first kappa shape index (κ1) is 29.9. The van der Waals surface area contributed by atoms with Crippen LogP contribution >= 0.6 is 0 Å². The zero-order valence-corrected chi connectivity index (χ0v) is 23.1. The van der Waals surface area contributed by atoms with E-state index in [1.165, 1.54) is 22.0 Å². The summed E-state index contributed by atoms with van der Waals surface area (Å²) in [6.07, 6.45) is 2.19. The standard InChI is InChI=1S/C28H31F4N5O4/c1-16(2)37(26(38)19-7-5-17(3)6-8-19)23-13-22(29)24(12-20(23)27(39)40-4)41-25-21(28(30,31)32)11-18(14-33-25)15-36-10-9-34-35-36/h9-14,16-17,19H,5-8,15H2,1-4H3/t17-,19-. The number of carbonyl (C=O) groups excluding carboxylic acids is 2. The number of amides is 1. The van der Waals surface area contributed by atoms with Gasteiger partial charge in [-0.25, -0.2) is 18.9 Å². The molecule has 2 aromatic heterocycles. The molecule has 1 aliphatic carbocycles. The fourth-order valence-corrected chi connectivity index (χ4v) is 4.92. The van der Waals surface area contributed by atoms with E-state index >= 15 is 4.39 Å². The molecule has 1 aliphatic rings. The predicted octanol–water partition coefficient (Wildman–Crippen LogP) is 6.03. The van der Waals surface area contributed by atoms with Gasteiger partial charge in [0.15, 0.2) is 11.6 Å². The van der Waals surface area contributed by atoms with Crippen LogP contribution in [0.2, 0.25) is 0 Å². The molecule has 1 amide bonds. The molecule has 0 atom stereocenters. The van der Waals surface area contributed by atoms with Gasteiger partial charge in [-0.1, -0.05) is 12.1 Å². The summed E-state index contributed by atoms with van der Waals surface area (Å²) in [7, 11) is 1.11. The quantitative estimate of drug-likeness (QED) is 0.238. The van der Waals surface area contributed by atoms with Gasteiger partial charge in [0.25, 0.3) is 0 Å². The number of ether oxygens (including phenoxy) is 2. The van der Waals surface area contributed by atoms with Crippen LogP contribution in [-0.4, -0.2) is 45.0 Å². The van der Waals surface area contributed by atoms with Crippen LogP contribution in [0.3, 0.4) is 0 Å². The van der Waals surface area contributed by atoms with Gasteiger partial charge >= 0.3 is 12.1 Å². The molecule has 9 nitrogen and oxygen atoms in total. The number of carbonyl (C=O) groups is 2. The van der Waals surface area contributed by atoms with Gasteiger partial charge < -0.3 is 14.4 Å². The van der Waals surface area contributed by atoms with E-state index in [4.69, 9.17) is 9.47 Å². The van der Waals surface area contributed by atoms with E-state index < -0.39 is 41.2 Å². The summed E-state index contributed by atoms with van der Waals surface area (Å²) >= 11 is 0. The summed E-state index contributed by atoms with van der Waals surface area (Å²) in [5.74, 6) is -3.63. The molecule has 0 N–H and O–H groups in total. The van der Waals surface area contributed by atoms with E-state index in [1.807, 2.05) is 0 Å². The Balaban J connectivity index is 1.72. The summed E-state index contributed by atoms with van der Waals surface area (Å²) in [6.45, 7) is 5.54. The average molecular weight is 578 g/mol. The number of hydrogen-bond donors (Lipinski definition) is 0. The van der Waals surface area contributed by atoms with Gasteiger partial charge in [0.1, 0.15) is 5.56 Å². The number of pyridine rings is 1. The molecule has 0 radical (unpaired) electrons. The van der Waals surface area contributed by atoms with Crippen LogP contribution in [-0.2, 0) is 22.3 Å². The van der Waals surface area contributed by atoms with Crippen LogP contribution in [0.1, 0.15) is 67.9 Å². The smallest absolute Gasteiger partial charge is 0.421 e.